The lowest BCUT2D eigenvalue weighted by Gasteiger charge is -2.29. The second kappa shape index (κ2) is 11.0. The van der Waals surface area contributed by atoms with Crippen LogP contribution >= 0.6 is 12.4 Å². The number of ether oxygens (including phenoxy) is 1. The highest BCUT2D eigenvalue weighted by atomic mass is 35.5. The molecule has 1 aliphatic heterocycles. The third-order valence-electron chi connectivity index (χ3n) is 4.83. The molecule has 29 heavy (non-hydrogen) atoms. The van der Waals surface area contributed by atoms with Gasteiger partial charge in [0.2, 0.25) is 5.91 Å². The molecule has 2 amide bonds. The Morgan fingerprint density at radius 2 is 1.79 bits per heavy atom. The number of carbonyl (C=O) groups is 2. The fourth-order valence-electron chi connectivity index (χ4n) is 3.14. The molecule has 6 nitrogen and oxygen atoms in total. The van der Waals surface area contributed by atoms with Crippen LogP contribution in [0.25, 0.3) is 0 Å². The van der Waals surface area contributed by atoms with E-state index >= 15 is 0 Å². The van der Waals surface area contributed by atoms with Gasteiger partial charge in [0.25, 0.3) is 5.91 Å². The maximum absolute atomic E-state index is 12.4. The minimum absolute atomic E-state index is 0. The van der Waals surface area contributed by atoms with Gasteiger partial charge in [-0.05, 0) is 37.1 Å². The lowest BCUT2D eigenvalue weighted by Crippen LogP contribution is -2.55. The molecular weight excluding hydrogens is 390 g/mol. The van der Waals surface area contributed by atoms with Crippen LogP contribution in [0.4, 0.5) is 0 Å². The van der Waals surface area contributed by atoms with Crippen LogP contribution in [-0.4, -0.2) is 37.1 Å². The van der Waals surface area contributed by atoms with Gasteiger partial charge in [-0.1, -0.05) is 42.0 Å². The molecule has 156 valence electrons. The summed E-state index contributed by atoms with van der Waals surface area (Å²) in [5, 5.41) is 9.02. The molecule has 0 spiro atoms. The largest absolute Gasteiger partial charge is 0.375 e. The van der Waals surface area contributed by atoms with Crippen molar-refractivity contribution in [1.82, 2.24) is 16.0 Å². The number of rotatable bonds is 6. The Morgan fingerprint density at radius 1 is 1.07 bits per heavy atom. The third kappa shape index (κ3) is 6.56. The van der Waals surface area contributed by atoms with E-state index in [4.69, 9.17) is 4.74 Å². The Hall–Kier alpha value is -2.41. The van der Waals surface area contributed by atoms with Gasteiger partial charge in [-0.25, -0.2) is 0 Å². The smallest absolute Gasteiger partial charge is 0.251 e. The van der Waals surface area contributed by atoms with E-state index in [2.05, 4.69) is 16.0 Å². The van der Waals surface area contributed by atoms with Crippen molar-refractivity contribution in [2.24, 2.45) is 0 Å². The SMILES string of the molecule is Cc1ccc(CNC(=O)c2cccc(CNC(=O)[C@H]3NCCO[C@@H]3C)c2)cc1.Cl. The van der Waals surface area contributed by atoms with Crippen molar-refractivity contribution in [1.29, 1.82) is 0 Å². The van der Waals surface area contributed by atoms with Gasteiger partial charge in [-0.2, -0.15) is 0 Å². The average molecular weight is 418 g/mol. The second-order valence-electron chi connectivity index (χ2n) is 7.09. The number of halogens is 1. The van der Waals surface area contributed by atoms with Crippen LogP contribution in [0.1, 0.15) is 34.0 Å². The monoisotopic (exact) mass is 417 g/mol. The molecule has 2 atom stereocenters. The molecule has 3 N–H and O–H groups in total. The number of benzene rings is 2. The average Bonchev–Trinajstić information content (AvgIpc) is 2.72. The minimum Gasteiger partial charge on any atom is -0.375 e. The zero-order valence-electron chi connectivity index (χ0n) is 16.7. The quantitative estimate of drug-likeness (QED) is 0.674. The van der Waals surface area contributed by atoms with Crippen LogP contribution in [0.15, 0.2) is 48.5 Å². The van der Waals surface area contributed by atoms with Crippen molar-refractivity contribution in [2.45, 2.75) is 39.1 Å². The Bertz CT molecular complexity index is 826. The summed E-state index contributed by atoms with van der Waals surface area (Å²) in [5.41, 5.74) is 3.69. The van der Waals surface area contributed by atoms with Gasteiger partial charge in [0.1, 0.15) is 6.04 Å². The molecule has 1 fully saturated rings. The predicted octanol–water partition coefficient (Wildman–Crippen LogP) is 2.34. The molecule has 0 unspecified atom stereocenters. The van der Waals surface area contributed by atoms with Gasteiger partial charge in [0.05, 0.1) is 12.7 Å². The maximum Gasteiger partial charge on any atom is 0.251 e. The molecule has 7 heteroatoms. The number of hydrogen-bond donors (Lipinski definition) is 3. The summed E-state index contributed by atoms with van der Waals surface area (Å²) in [6.45, 7) is 6.04. The van der Waals surface area contributed by atoms with Crippen molar-refractivity contribution in [3.63, 3.8) is 0 Å². The Kier molecular flexibility index (Phi) is 8.64. The standard InChI is InChI=1S/C22H27N3O3.ClH/c1-15-6-8-17(9-7-15)13-24-21(26)19-5-3-4-18(12-19)14-25-22(27)20-16(2)28-11-10-23-20;/h3-9,12,16,20,23H,10-11,13-14H2,1-2H3,(H,24,26)(H,25,27);1H/t16-,20+;/m1./s1. The Morgan fingerprint density at radius 3 is 2.52 bits per heavy atom. The summed E-state index contributed by atoms with van der Waals surface area (Å²) in [4.78, 5) is 24.8. The molecule has 1 aliphatic rings. The first-order valence-electron chi connectivity index (χ1n) is 9.58. The summed E-state index contributed by atoms with van der Waals surface area (Å²) < 4.78 is 5.51. The van der Waals surface area contributed by atoms with Crippen LogP contribution < -0.4 is 16.0 Å². The third-order valence-corrected chi connectivity index (χ3v) is 4.83. The zero-order valence-corrected chi connectivity index (χ0v) is 17.6. The van der Waals surface area contributed by atoms with Crippen LogP contribution in [0.2, 0.25) is 0 Å². The van der Waals surface area contributed by atoms with E-state index in [0.29, 0.717) is 31.8 Å². The zero-order chi connectivity index (χ0) is 19.9. The van der Waals surface area contributed by atoms with Gasteiger partial charge < -0.3 is 20.7 Å². The van der Waals surface area contributed by atoms with Crippen molar-refractivity contribution >= 4 is 24.2 Å². The molecule has 0 aromatic heterocycles. The minimum atomic E-state index is -0.352. The molecular formula is C22H28ClN3O3. The highest BCUT2D eigenvalue weighted by Crippen LogP contribution is 2.08. The van der Waals surface area contributed by atoms with Crippen LogP contribution in [0.5, 0.6) is 0 Å². The van der Waals surface area contributed by atoms with Gasteiger partial charge in [0, 0.05) is 25.2 Å². The first kappa shape index (κ1) is 22.9. The van der Waals surface area contributed by atoms with Gasteiger partial charge in [-0.15, -0.1) is 12.4 Å². The summed E-state index contributed by atoms with van der Waals surface area (Å²) in [6.07, 6.45) is -0.160. The van der Waals surface area contributed by atoms with E-state index in [1.807, 2.05) is 50.2 Å². The fourth-order valence-corrected chi connectivity index (χ4v) is 3.14. The first-order chi connectivity index (χ1) is 13.5. The molecule has 1 heterocycles. The number of nitrogens with one attached hydrogen (secondary N) is 3. The van der Waals surface area contributed by atoms with E-state index in [0.717, 1.165) is 11.1 Å². The highest BCUT2D eigenvalue weighted by molar-refractivity contribution is 5.94. The van der Waals surface area contributed by atoms with Crippen molar-refractivity contribution in [3.05, 3.63) is 70.8 Å². The highest BCUT2D eigenvalue weighted by Gasteiger charge is 2.27. The number of amides is 2. The first-order valence-corrected chi connectivity index (χ1v) is 9.58. The van der Waals surface area contributed by atoms with Crippen LogP contribution in [-0.2, 0) is 22.6 Å². The maximum atomic E-state index is 12.4. The summed E-state index contributed by atoms with van der Waals surface area (Å²) in [6, 6.07) is 15.0. The Labute approximate surface area is 177 Å². The lowest BCUT2D eigenvalue weighted by atomic mass is 10.1. The number of aryl methyl sites for hydroxylation is 1. The predicted molar refractivity (Wildman–Crippen MR) is 115 cm³/mol. The summed E-state index contributed by atoms with van der Waals surface area (Å²) in [5.74, 6) is -0.230. The molecule has 1 saturated heterocycles. The van der Waals surface area contributed by atoms with Crippen LogP contribution in [0.3, 0.4) is 0 Å². The molecule has 0 saturated carbocycles. The van der Waals surface area contributed by atoms with E-state index < -0.39 is 0 Å². The van der Waals surface area contributed by atoms with E-state index in [-0.39, 0.29) is 36.4 Å². The molecule has 0 radical (unpaired) electrons. The Balaban J connectivity index is 0.00000300. The number of morpholine rings is 1. The number of hydrogen-bond acceptors (Lipinski definition) is 4. The topological polar surface area (TPSA) is 79.5 Å². The van der Waals surface area contributed by atoms with E-state index in [1.165, 1.54) is 5.56 Å². The molecule has 2 aromatic rings. The van der Waals surface area contributed by atoms with Crippen molar-refractivity contribution in [3.8, 4) is 0 Å². The van der Waals surface area contributed by atoms with Gasteiger partial charge in [0.15, 0.2) is 0 Å². The number of carbonyl (C=O) groups excluding carboxylic acids is 2. The molecule has 3 rings (SSSR count). The van der Waals surface area contributed by atoms with Crippen molar-refractivity contribution in [2.75, 3.05) is 13.2 Å². The van der Waals surface area contributed by atoms with E-state index in [9.17, 15) is 9.59 Å². The fraction of sp³-hybridized carbons (Fsp3) is 0.364. The van der Waals surface area contributed by atoms with Gasteiger partial charge in [-0.3, -0.25) is 9.59 Å². The van der Waals surface area contributed by atoms with Gasteiger partial charge >= 0.3 is 0 Å². The van der Waals surface area contributed by atoms with Crippen molar-refractivity contribution < 1.29 is 14.3 Å². The van der Waals surface area contributed by atoms with E-state index in [1.54, 1.807) is 12.1 Å². The molecule has 0 aliphatic carbocycles. The summed E-state index contributed by atoms with van der Waals surface area (Å²) >= 11 is 0. The summed E-state index contributed by atoms with van der Waals surface area (Å²) in [7, 11) is 0. The molecule has 2 aromatic carbocycles. The van der Waals surface area contributed by atoms with Crippen LogP contribution in [0, 0.1) is 6.92 Å². The molecule has 0 bridgehead atoms. The lowest BCUT2D eigenvalue weighted by molar-refractivity contribution is -0.129. The normalized spacial score (nSPS) is 18.4. The second-order valence-corrected chi connectivity index (χ2v) is 7.09.